The van der Waals surface area contributed by atoms with E-state index in [0.717, 1.165) is 16.6 Å². The zero-order valence-corrected chi connectivity index (χ0v) is 25.6. The average molecular weight is 603 g/mol. The molecule has 0 amide bonds. The van der Waals surface area contributed by atoms with E-state index in [2.05, 4.69) is 158 Å². The van der Waals surface area contributed by atoms with Gasteiger partial charge in [0.1, 0.15) is 11.2 Å². The average Bonchev–Trinajstić information content (AvgIpc) is 3.73. The molecular formula is C44H26OS. The molecule has 0 spiro atoms. The molecule has 2 aromatic heterocycles. The van der Waals surface area contributed by atoms with Crippen LogP contribution in [0.2, 0.25) is 0 Å². The quantitative estimate of drug-likeness (QED) is 0.183. The van der Waals surface area contributed by atoms with Gasteiger partial charge >= 0.3 is 0 Å². The summed E-state index contributed by atoms with van der Waals surface area (Å²) in [5, 5.41) is 11.0. The Morgan fingerprint density at radius 2 is 0.978 bits per heavy atom. The summed E-state index contributed by atoms with van der Waals surface area (Å²) in [6.07, 6.45) is 0. The van der Waals surface area contributed by atoms with Gasteiger partial charge in [0.05, 0.1) is 0 Å². The highest BCUT2D eigenvalue weighted by Crippen LogP contribution is 2.50. The predicted octanol–water partition coefficient (Wildman–Crippen LogP) is 13.3. The molecule has 0 aliphatic rings. The van der Waals surface area contributed by atoms with E-state index in [4.69, 9.17) is 4.42 Å². The summed E-state index contributed by atoms with van der Waals surface area (Å²) in [6, 6.07) is 57.2. The summed E-state index contributed by atoms with van der Waals surface area (Å²) in [5.74, 6) is 0. The summed E-state index contributed by atoms with van der Waals surface area (Å²) in [7, 11) is 0. The second kappa shape index (κ2) is 9.90. The second-order valence-corrected chi connectivity index (χ2v) is 13.1. The van der Waals surface area contributed by atoms with Crippen LogP contribution in [-0.4, -0.2) is 0 Å². The first-order valence-corrected chi connectivity index (χ1v) is 16.5. The second-order valence-electron chi connectivity index (χ2n) is 12.0. The molecule has 8 aromatic carbocycles. The molecule has 0 saturated heterocycles. The third-order valence-electron chi connectivity index (χ3n) is 9.46. The molecule has 0 bridgehead atoms. The van der Waals surface area contributed by atoms with Crippen molar-refractivity contribution in [2.45, 2.75) is 0 Å². The monoisotopic (exact) mass is 602 g/mol. The molecule has 0 N–H and O–H groups in total. The third-order valence-corrected chi connectivity index (χ3v) is 10.6. The van der Waals surface area contributed by atoms with E-state index in [1.807, 2.05) is 11.3 Å². The topological polar surface area (TPSA) is 13.1 Å². The van der Waals surface area contributed by atoms with Crippen molar-refractivity contribution in [1.82, 2.24) is 0 Å². The molecule has 0 fully saturated rings. The minimum absolute atomic E-state index is 0.916. The van der Waals surface area contributed by atoms with Gasteiger partial charge in [-0.05, 0) is 78.3 Å². The van der Waals surface area contributed by atoms with Crippen molar-refractivity contribution in [3.8, 4) is 32.7 Å². The number of thiophene rings is 1. The molecular weight excluding hydrogens is 577 g/mol. The van der Waals surface area contributed by atoms with Gasteiger partial charge in [-0.2, -0.15) is 0 Å². The van der Waals surface area contributed by atoms with E-state index in [1.165, 1.54) is 80.5 Å². The third kappa shape index (κ3) is 3.68. The van der Waals surface area contributed by atoms with Crippen LogP contribution >= 0.6 is 11.3 Å². The van der Waals surface area contributed by atoms with Gasteiger partial charge in [-0.1, -0.05) is 140 Å². The summed E-state index contributed by atoms with van der Waals surface area (Å²) < 4.78 is 7.98. The van der Waals surface area contributed by atoms with E-state index in [-0.39, 0.29) is 0 Å². The smallest absolute Gasteiger partial charge is 0.144 e. The van der Waals surface area contributed by atoms with Gasteiger partial charge < -0.3 is 4.42 Å². The number of fused-ring (bicyclic) bond motifs is 8. The highest BCUT2D eigenvalue weighted by molar-refractivity contribution is 7.22. The van der Waals surface area contributed by atoms with Crippen molar-refractivity contribution >= 4 is 75.7 Å². The van der Waals surface area contributed by atoms with E-state index in [9.17, 15) is 0 Å². The van der Waals surface area contributed by atoms with Crippen LogP contribution in [0.25, 0.3) is 97.0 Å². The summed E-state index contributed by atoms with van der Waals surface area (Å²) in [4.78, 5) is 1.25. The Morgan fingerprint density at radius 3 is 1.70 bits per heavy atom. The van der Waals surface area contributed by atoms with Crippen molar-refractivity contribution in [3.63, 3.8) is 0 Å². The van der Waals surface area contributed by atoms with Crippen molar-refractivity contribution in [1.29, 1.82) is 0 Å². The SMILES string of the molecule is c1ccc(-c2cc3c(cc(-c4c5ccccc5c(-c5cccc6ccccc56)c5ccccc45)c4c5ccccc5oc34)s2)cc1. The fourth-order valence-electron chi connectivity index (χ4n) is 7.49. The molecule has 214 valence electrons. The predicted molar refractivity (Wildman–Crippen MR) is 198 cm³/mol. The number of hydrogen-bond acceptors (Lipinski definition) is 2. The molecule has 0 radical (unpaired) electrons. The highest BCUT2D eigenvalue weighted by Gasteiger charge is 2.23. The minimum atomic E-state index is 0.916. The van der Waals surface area contributed by atoms with Gasteiger partial charge in [0.2, 0.25) is 0 Å². The zero-order chi connectivity index (χ0) is 30.2. The van der Waals surface area contributed by atoms with Crippen molar-refractivity contribution in [2.75, 3.05) is 0 Å². The lowest BCUT2D eigenvalue weighted by Crippen LogP contribution is -1.92. The molecule has 0 aliphatic carbocycles. The summed E-state index contributed by atoms with van der Waals surface area (Å²) in [5.41, 5.74) is 8.11. The first kappa shape index (κ1) is 25.6. The molecule has 10 rings (SSSR count). The minimum Gasteiger partial charge on any atom is -0.455 e. The Bertz CT molecular complexity index is 2740. The standard InChI is InChI=1S/C44H26OS/c1-2-14-28(15-3-1)39-25-36-40(46-39)26-37(43-35-22-10-11-24-38(35)45-44(36)43)42-33-20-8-6-18-31(33)41(32-19-7-9-21-34(32)42)30-23-12-16-27-13-4-5-17-29(27)30/h1-26H. The molecule has 1 nitrogen and oxygen atoms in total. The number of para-hydroxylation sites is 1. The van der Waals surface area contributed by atoms with Crippen LogP contribution < -0.4 is 0 Å². The maximum atomic E-state index is 6.75. The fourth-order valence-corrected chi connectivity index (χ4v) is 8.60. The normalized spacial score (nSPS) is 11.9. The van der Waals surface area contributed by atoms with E-state index in [1.54, 1.807) is 0 Å². The Morgan fingerprint density at radius 1 is 0.413 bits per heavy atom. The van der Waals surface area contributed by atoms with E-state index < -0.39 is 0 Å². The summed E-state index contributed by atoms with van der Waals surface area (Å²) in [6.45, 7) is 0. The Balaban J connectivity index is 1.38. The Labute approximate surface area is 269 Å². The van der Waals surface area contributed by atoms with Gasteiger partial charge in [-0.3, -0.25) is 0 Å². The maximum Gasteiger partial charge on any atom is 0.144 e. The lowest BCUT2D eigenvalue weighted by Gasteiger charge is -2.19. The molecule has 2 heterocycles. The largest absolute Gasteiger partial charge is 0.455 e. The molecule has 10 aromatic rings. The summed E-state index contributed by atoms with van der Waals surface area (Å²) >= 11 is 1.84. The molecule has 0 saturated carbocycles. The lowest BCUT2D eigenvalue weighted by atomic mass is 9.83. The van der Waals surface area contributed by atoms with Gasteiger partial charge in [-0.15, -0.1) is 11.3 Å². The van der Waals surface area contributed by atoms with Gasteiger partial charge in [0, 0.05) is 25.7 Å². The van der Waals surface area contributed by atoms with Gasteiger partial charge in [0.15, 0.2) is 0 Å². The van der Waals surface area contributed by atoms with Crippen LogP contribution in [0.3, 0.4) is 0 Å². The Hall–Kier alpha value is -5.70. The maximum absolute atomic E-state index is 6.75. The van der Waals surface area contributed by atoms with Crippen molar-refractivity contribution in [2.24, 2.45) is 0 Å². The molecule has 46 heavy (non-hydrogen) atoms. The molecule has 0 aliphatic heterocycles. The number of rotatable bonds is 3. The molecule has 0 atom stereocenters. The lowest BCUT2D eigenvalue weighted by molar-refractivity contribution is 0.673. The number of benzene rings is 8. The Kier molecular flexibility index (Phi) is 5.51. The van der Waals surface area contributed by atoms with E-state index >= 15 is 0 Å². The van der Waals surface area contributed by atoms with Crippen molar-refractivity contribution < 1.29 is 4.42 Å². The first-order valence-electron chi connectivity index (χ1n) is 15.7. The highest BCUT2D eigenvalue weighted by atomic mass is 32.1. The number of hydrogen-bond donors (Lipinski definition) is 0. The van der Waals surface area contributed by atoms with Gasteiger partial charge in [0.25, 0.3) is 0 Å². The molecule has 0 unspecified atom stereocenters. The van der Waals surface area contributed by atoms with Crippen LogP contribution in [0.15, 0.2) is 162 Å². The first-order chi connectivity index (χ1) is 22.8. The zero-order valence-electron chi connectivity index (χ0n) is 24.8. The van der Waals surface area contributed by atoms with Crippen LogP contribution in [0.1, 0.15) is 0 Å². The van der Waals surface area contributed by atoms with Gasteiger partial charge in [-0.25, -0.2) is 0 Å². The number of furan rings is 1. The molecule has 2 heteroatoms. The van der Waals surface area contributed by atoms with Crippen molar-refractivity contribution in [3.05, 3.63) is 158 Å². The fraction of sp³-hybridized carbons (Fsp3) is 0. The van der Waals surface area contributed by atoms with Crippen LogP contribution in [-0.2, 0) is 0 Å². The van der Waals surface area contributed by atoms with Crippen LogP contribution in [0.5, 0.6) is 0 Å². The van der Waals surface area contributed by atoms with E-state index in [0.29, 0.717) is 0 Å². The van der Waals surface area contributed by atoms with Crippen LogP contribution in [0.4, 0.5) is 0 Å². The van der Waals surface area contributed by atoms with Crippen LogP contribution in [0, 0.1) is 0 Å².